The summed E-state index contributed by atoms with van der Waals surface area (Å²) >= 11 is 2.27. The summed E-state index contributed by atoms with van der Waals surface area (Å²) in [7, 11) is 0. The molecule has 0 N–H and O–H groups in total. The molecule has 0 bridgehead atoms. The van der Waals surface area contributed by atoms with Crippen molar-refractivity contribution in [2.45, 2.75) is 20.5 Å². The Kier molecular flexibility index (Phi) is 7.31. The molecule has 0 spiro atoms. The van der Waals surface area contributed by atoms with Crippen molar-refractivity contribution in [3.05, 3.63) is 105 Å². The van der Waals surface area contributed by atoms with E-state index in [1.165, 1.54) is 10.8 Å². The fourth-order valence-electron chi connectivity index (χ4n) is 3.72. The number of allylic oxidation sites excluding steroid dienone is 1. The molecule has 0 aliphatic carbocycles. The van der Waals surface area contributed by atoms with Crippen molar-refractivity contribution in [3.8, 4) is 17.6 Å². The third-order valence-electron chi connectivity index (χ3n) is 5.38. The highest BCUT2D eigenvalue weighted by atomic mass is 127. The van der Waals surface area contributed by atoms with Gasteiger partial charge in [-0.1, -0.05) is 72.3 Å². The zero-order valence-corrected chi connectivity index (χ0v) is 20.8. The lowest BCUT2D eigenvalue weighted by molar-refractivity contribution is 0.268. The lowest BCUT2D eigenvalue weighted by Gasteiger charge is -2.16. The first kappa shape index (κ1) is 22.9. The van der Waals surface area contributed by atoms with Gasteiger partial charge < -0.3 is 9.47 Å². The zero-order valence-electron chi connectivity index (χ0n) is 18.6. The van der Waals surface area contributed by atoms with E-state index in [0.717, 1.165) is 31.6 Å². The van der Waals surface area contributed by atoms with Crippen molar-refractivity contribution in [2.24, 2.45) is 0 Å². The van der Waals surface area contributed by atoms with Crippen LogP contribution in [0.2, 0.25) is 0 Å². The summed E-state index contributed by atoms with van der Waals surface area (Å²) < 4.78 is 13.1. The van der Waals surface area contributed by atoms with Gasteiger partial charge in [0, 0.05) is 0 Å². The molecule has 0 atom stereocenters. The van der Waals surface area contributed by atoms with E-state index in [0.29, 0.717) is 24.5 Å². The van der Waals surface area contributed by atoms with Gasteiger partial charge in [-0.05, 0) is 82.1 Å². The van der Waals surface area contributed by atoms with Crippen molar-refractivity contribution in [1.82, 2.24) is 0 Å². The van der Waals surface area contributed by atoms with Crippen LogP contribution in [-0.4, -0.2) is 6.61 Å². The van der Waals surface area contributed by atoms with Gasteiger partial charge in [0.05, 0.1) is 21.8 Å². The van der Waals surface area contributed by atoms with Crippen LogP contribution in [0.4, 0.5) is 0 Å². The standard InChI is InChI=1S/C29H24INO2/c1-3-32-28-17-21(15-25(18-31)22-13-11-20(2)12-14-22)16-27(30)29(28)33-19-24-9-6-8-23-7-4-5-10-26(23)24/h4-17H,3,19H2,1-2H3/b25-15+. The molecule has 4 heteroatoms. The third-order valence-corrected chi connectivity index (χ3v) is 6.18. The van der Waals surface area contributed by atoms with Crippen LogP contribution < -0.4 is 9.47 Å². The monoisotopic (exact) mass is 545 g/mol. The number of ether oxygens (including phenoxy) is 2. The van der Waals surface area contributed by atoms with Crippen LogP contribution in [0.5, 0.6) is 11.5 Å². The number of fused-ring (bicyclic) bond motifs is 1. The maximum atomic E-state index is 9.73. The van der Waals surface area contributed by atoms with Crippen molar-refractivity contribution in [3.63, 3.8) is 0 Å². The van der Waals surface area contributed by atoms with Gasteiger partial charge in [0.15, 0.2) is 11.5 Å². The van der Waals surface area contributed by atoms with E-state index in [1.54, 1.807) is 0 Å². The predicted molar refractivity (Wildman–Crippen MR) is 143 cm³/mol. The van der Waals surface area contributed by atoms with Crippen molar-refractivity contribution < 1.29 is 9.47 Å². The second-order valence-corrected chi connectivity index (χ2v) is 8.89. The minimum Gasteiger partial charge on any atom is -0.490 e. The molecule has 0 aromatic heterocycles. The van der Waals surface area contributed by atoms with Crippen LogP contribution in [0.25, 0.3) is 22.4 Å². The number of nitriles is 1. The second-order valence-electron chi connectivity index (χ2n) is 7.73. The second kappa shape index (κ2) is 10.5. The SMILES string of the molecule is CCOc1cc(/C=C(\C#N)c2ccc(C)cc2)cc(I)c1OCc1cccc2ccccc12. The number of hydrogen-bond acceptors (Lipinski definition) is 3. The van der Waals surface area contributed by atoms with E-state index in [2.05, 4.69) is 59.0 Å². The van der Waals surface area contributed by atoms with E-state index in [-0.39, 0.29) is 0 Å². The summed E-state index contributed by atoms with van der Waals surface area (Å²) in [6.07, 6.45) is 1.89. The average molecular weight is 545 g/mol. The molecule has 0 amide bonds. The van der Waals surface area contributed by atoms with E-state index in [1.807, 2.05) is 68.5 Å². The van der Waals surface area contributed by atoms with Crippen molar-refractivity contribution in [2.75, 3.05) is 6.61 Å². The Morgan fingerprint density at radius 1 is 0.970 bits per heavy atom. The van der Waals surface area contributed by atoms with E-state index in [4.69, 9.17) is 9.47 Å². The molecule has 4 aromatic carbocycles. The van der Waals surface area contributed by atoms with Crippen LogP contribution in [0, 0.1) is 21.8 Å². The van der Waals surface area contributed by atoms with Crippen LogP contribution in [0.3, 0.4) is 0 Å². The third kappa shape index (κ3) is 5.37. The summed E-state index contributed by atoms with van der Waals surface area (Å²) in [6.45, 7) is 4.96. The van der Waals surface area contributed by atoms with Gasteiger partial charge in [0.25, 0.3) is 0 Å². The highest BCUT2D eigenvalue weighted by Crippen LogP contribution is 2.36. The lowest BCUT2D eigenvalue weighted by atomic mass is 10.0. The van der Waals surface area contributed by atoms with Gasteiger partial charge in [0.1, 0.15) is 6.61 Å². The van der Waals surface area contributed by atoms with Crippen molar-refractivity contribution in [1.29, 1.82) is 5.26 Å². The van der Waals surface area contributed by atoms with Crippen LogP contribution >= 0.6 is 22.6 Å². The Bertz CT molecular complexity index is 1350. The van der Waals surface area contributed by atoms with Gasteiger partial charge in [-0.15, -0.1) is 0 Å². The first-order valence-electron chi connectivity index (χ1n) is 10.8. The molecule has 3 nitrogen and oxygen atoms in total. The van der Waals surface area contributed by atoms with Crippen LogP contribution in [0.15, 0.2) is 78.9 Å². The highest BCUT2D eigenvalue weighted by molar-refractivity contribution is 14.1. The molecule has 0 saturated carbocycles. The number of hydrogen-bond donors (Lipinski definition) is 0. The molecule has 0 fully saturated rings. The smallest absolute Gasteiger partial charge is 0.175 e. The van der Waals surface area contributed by atoms with E-state index in [9.17, 15) is 5.26 Å². The van der Waals surface area contributed by atoms with Gasteiger partial charge in [-0.3, -0.25) is 0 Å². The topological polar surface area (TPSA) is 42.2 Å². The molecule has 0 radical (unpaired) electrons. The summed E-state index contributed by atoms with van der Waals surface area (Å²) in [5.41, 5.74) is 4.70. The van der Waals surface area contributed by atoms with E-state index >= 15 is 0 Å². The normalized spacial score (nSPS) is 11.3. The molecule has 0 unspecified atom stereocenters. The van der Waals surface area contributed by atoms with E-state index < -0.39 is 0 Å². The predicted octanol–water partition coefficient (Wildman–Crippen LogP) is 7.79. The summed E-state index contributed by atoms with van der Waals surface area (Å²) in [4.78, 5) is 0. The number of nitrogens with zero attached hydrogens (tertiary/aromatic N) is 1. The molecule has 164 valence electrons. The van der Waals surface area contributed by atoms with Crippen LogP contribution in [-0.2, 0) is 6.61 Å². The number of aryl methyl sites for hydroxylation is 1. The average Bonchev–Trinajstić information content (AvgIpc) is 2.83. The summed E-state index contributed by atoms with van der Waals surface area (Å²) in [5.74, 6) is 1.40. The lowest BCUT2D eigenvalue weighted by Crippen LogP contribution is -2.02. The number of halogens is 1. The molecule has 0 saturated heterocycles. The maximum absolute atomic E-state index is 9.73. The summed E-state index contributed by atoms with van der Waals surface area (Å²) in [5, 5.41) is 12.1. The molecule has 0 heterocycles. The van der Waals surface area contributed by atoms with Crippen LogP contribution in [0.1, 0.15) is 29.2 Å². The molecule has 0 aliphatic rings. The Labute approximate surface area is 208 Å². The van der Waals surface area contributed by atoms with Gasteiger partial charge in [-0.25, -0.2) is 0 Å². The Hall–Kier alpha value is -3.30. The van der Waals surface area contributed by atoms with Gasteiger partial charge in [-0.2, -0.15) is 5.26 Å². The molecular weight excluding hydrogens is 521 g/mol. The Morgan fingerprint density at radius 2 is 1.73 bits per heavy atom. The summed E-state index contributed by atoms with van der Waals surface area (Å²) in [6, 6.07) is 28.8. The Balaban J connectivity index is 1.65. The number of benzene rings is 4. The Morgan fingerprint density at radius 3 is 2.48 bits per heavy atom. The first-order chi connectivity index (χ1) is 16.1. The fraction of sp³-hybridized carbons (Fsp3) is 0.138. The molecule has 4 aromatic rings. The minimum absolute atomic E-state index is 0.444. The molecule has 33 heavy (non-hydrogen) atoms. The van der Waals surface area contributed by atoms with Gasteiger partial charge >= 0.3 is 0 Å². The van der Waals surface area contributed by atoms with Gasteiger partial charge in [0.2, 0.25) is 0 Å². The minimum atomic E-state index is 0.444. The molecule has 0 aliphatic heterocycles. The molecule has 4 rings (SSSR count). The highest BCUT2D eigenvalue weighted by Gasteiger charge is 2.13. The largest absolute Gasteiger partial charge is 0.490 e. The number of rotatable bonds is 7. The fourth-order valence-corrected chi connectivity index (χ4v) is 4.50. The zero-order chi connectivity index (χ0) is 23.2. The first-order valence-corrected chi connectivity index (χ1v) is 11.9. The van der Waals surface area contributed by atoms with Crippen molar-refractivity contribution >= 4 is 45.0 Å². The quantitative estimate of drug-likeness (QED) is 0.135. The maximum Gasteiger partial charge on any atom is 0.175 e. The molecular formula is C29H24INO2.